The SMILES string of the molecule is CCN(CCCn1ccc(N)n1)CC1CCC1. The highest BCUT2D eigenvalue weighted by atomic mass is 15.3. The van der Waals surface area contributed by atoms with Gasteiger partial charge in [0.15, 0.2) is 0 Å². The molecule has 17 heavy (non-hydrogen) atoms. The van der Waals surface area contributed by atoms with Crippen molar-refractivity contribution < 1.29 is 0 Å². The fraction of sp³-hybridized carbons (Fsp3) is 0.769. The van der Waals surface area contributed by atoms with Crippen molar-refractivity contribution in [2.75, 3.05) is 25.4 Å². The van der Waals surface area contributed by atoms with Gasteiger partial charge in [-0.05, 0) is 44.3 Å². The van der Waals surface area contributed by atoms with Gasteiger partial charge < -0.3 is 10.6 Å². The first-order valence-corrected chi connectivity index (χ1v) is 6.79. The molecule has 0 atom stereocenters. The first-order valence-electron chi connectivity index (χ1n) is 6.79. The highest BCUT2D eigenvalue weighted by molar-refractivity contribution is 5.23. The lowest BCUT2D eigenvalue weighted by atomic mass is 9.85. The van der Waals surface area contributed by atoms with E-state index in [0.717, 1.165) is 25.4 Å². The number of aryl methyl sites for hydroxylation is 1. The molecule has 1 aromatic rings. The second-order valence-corrected chi connectivity index (χ2v) is 5.05. The standard InChI is InChI=1S/C13H24N4/c1-2-16(11-12-5-3-6-12)8-4-9-17-10-7-13(14)15-17/h7,10,12H,2-6,8-9,11H2,1H3,(H2,14,15). The molecule has 0 aliphatic heterocycles. The van der Waals surface area contributed by atoms with Crippen LogP contribution in [0, 0.1) is 5.92 Å². The van der Waals surface area contributed by atoms with E-state index in [1.807, 2.05) is 16.9 Å². The van der Waals surface area contributed by atoms with Crippen LogP contribution in [-0.4, -0.2) is 34.3 Å². The zero-order valence-electron chi connectivity index (χ0n) is 10.8. The molecule has 1 heterocycles. The highest BCUT2D eigenvalue weighted by Gasteiger charge is 2.19. The maximum atomic E-state index is 5.59. The molecule has 4 nitrogen and oxygen atoms in total. The number of nitrogens with zero attached hydrogens (tertiary/aromatic N) is 3. The van der Waals surface area contributed by atoms with Crippen LogP contribution in [-0.2, 0) is 6.54 Å². The van der Waals surface area contributed by atoms with Crippen molar-refractivity contribution in [2.45, 2.75) is 39.2 Å². The Balaban J connectivity index is 1.65. The second kappa shape index (κ2) is 6.05. The maximum absolute atomic E-state index is 5.59. The van der Waals surface area contributed by atoms with Crippen molar-refractivity contribution in [3.05, 3.63) is 12.3 Å². The summed E-state index contributed by atoms with van der Waals surface area (Å²) in [5.41, 5.74) is 5.59. The summed E-state index contributed by atoms with van der Waals surface area (Å²) < 4.78 is 1.94. The van der Waals surface area contributed by atoms with Gasteiger partial charge in [0.25, 0.3) is 0 Å². The van der Waals surface area contributed by atoms with Gasteiger partial charge in [0.1, 0.15) is 5.82 Å². The van der Waals surface area contributed by atoms with Crippen LogP contribution in [0.4, 0.5) is 5.82 Å². The summed E-state index contributed by atoms with van der Waals surface area (Å²) in [6.07, 6.45) is 7.42. The zero-order chi connectivity index (χ0) is 12.1. The molecule has 1 aliphatic rings. The molecular formula is C13H24N4. The Hall–Kier alpha value is -1.03. The minimum atomic E-state index is 0.617. The molecule has 4 heteroatoms. The average molecular weight is 236 g/mol. The Morgan fingerprint density at radius 2 is 2.35 bits per heavy atom. The smallest absolute Gasteiger partial charge is 0.145 e. The van der Waals surface area contributed by atoms with E-state index in [0.29, 0.717) is 5.82 Å². The molecule has 1 aliphatic carbocycles. The van der Waals surface area contributed by atoms with E-state index in [9.17, 15) is 0 Å². The Bertz CT molecular complexity index is 330. The Morgan fingerprint density at radius 1 is 1.53 bits per heavy atom. The van der Waals surface area contributed by atoms with Gasteiger partial charge in [-0.3, -0.25) is 4.68 Å². The minimum absolute atomic E-state index is 0.617. The van der Waals surface area contributed by atoms with E-state index < -0.39 is 0 Å². The van der Waals surface area contributed by atoms with Gasteiger partial charge >= 0.3 is 0 Å². The molecular weight excluding hydrogens is 212 g/mol. The molecule has 1 fully saturated rings. The molecule has 96 valence electrons. The lowest BCUT2D eigenvalue weighted by molar-refractivity contribution is 0.180. The summed E-state index contributed by atoms with van der Waals surface area (Å²) in [6, 6.07) is 1.85. The van der Waals surface area contributed by atoms with Crippen LogP contribution in [0.2, 0.25) is 0 Å². The van der Waals surface area contributed by atoms with Crippen LogP contribution in [0.15, 0.2) is 12.3 Å². The van der Waals surface area contributed by atoms with Crippen LogP contribution >= 0.6 is 0 Å². The fourth-order valence-electron chi connectivity index (χ4n) is 2.38. The summed E-state index contributed by atoms with van der Waals surface area (Å²) >= 11 is 0. The normalized spacial score (nSPS) is 16.4. The molecule has 1 aromatic heterocycles. The first kappa shape index (κ1) is 12.4. The minimum Gasteiger partial charge on any atom is -0.382 e. The first-order chi connectivity index (χ1) is 8.28. The van der Waals surface area contributed by atoms with E-state index in [4.69, 9.17) is 5.73 Å². The van der Waals surface area contributed by atoms with Crippen LogP contribution in [0.25, 0.3) is 0 Å². The van der Waals surface area contributed by atoms with Gasteiger partial charge in [-0.2, -0.15) is 5.10 Å². The third kappa shape index (κ3) is 3.73. The van der Waals surface area contributed by atoms with E-state index >= 15 is 0 Å². The fourth-order valence-corrected chi connectivity index (χ4v) is 2.38. The number of nitrogens with two attached hydrogens (primary N) is 1. The quantitative estimate of drug-likeness (QED) is 0.787. The Labute approximate surface area is 104 Å². The Kier molecular flexibility index (Phi) is 4.42. The molecule has 1 saturated carbocycles. The monoisotopic (exact) mass is 236 g/mol. The lowest BCUT2D eigenvalue weighted by Gasteiger charge is -2.31. The van der Waals surface area contributed by atoms with E-state index in [-0.39, 0.29) is 0 Å². The summed E-state index contributed by atoms with van der Waals surface area (Å²) in [4.78, 5) is 2.57. The molecule has 0 amide bonds. The summed E-state index contributed by atoms with van der Waals surface area (Å²) in [5.74, 6) is 1.59. The largest absolute Gasteiger partial charge is 0.382 e. The number of hydrogen-bond acceptors (Lipinski definition) is 3. The van der Waals surface area contributed by atoms with Crippen molar-refractivity contribution >= 4 is 5.82 Å². The number of rotatable bonds is 7. The van der Waals surface area contributed by atoms with Gasteiger partial charge in [0.05, 0.1) is 0 Å². The van der Waals surface area contributed by atoms with Gasteiger partial charge in [0, 0.05) is 19.3 Å². The van der Waals surface area contributed by atoms with Crippen molar-refractivity contribution in [3.8, 4) is 0 Å². The summed E-state index contributed by atoms with van der Waals surface area (Å²) in [5, 5.41) is 4.20. The molecule has 2 N–H and O–H groups in total. The van der Waals surface area contributed by atoms with Crippen LogP contribution in [0.3, 0.4) is 0 Å². The second-order valence-electron chi connectivity index (χ2n) is 5.05. The number of nitrogen functional groups attached to an aromatic ring is 1. The highest BCUT2D eigenvalue weighted by Crippen LogP contribution is 2.26. The van der Waals surface area contributed by atoms with E-state index in [1.54, 1.807) is 0 Å². The number of aromatic nitrogens is 2. The van der Waals surface area contributed by atoms with E-state index in [2.05, 4.69) is 16.9 Å². The molecule has 0 unspecified atom stereocenters. The lowest BCUT2D eigenvalue weighted by Crippen LogP contribution is -2.33. The predicted octanol–water partition coefficient (Wildman–Crippen LogP) is 1.98. The molecule has 0 radical (unpaired) electrons. The predicted molar refractivity (Wildman–Crippen MR) is 70.7 cm³/mol. The number of anilines is 1. The van der Waals surface area contributed by atoms with Crippen LogP contribution < -0.4 is 5.73 Å². The third-order valence-corrected chi connectivity index (χ3v) is 3.71. The van der Waals surface area contributed by atoms with Gasteiger partial charge in [-0.1, -0.05) is 13.3 Å². The molecule has 0 aromatic carbocycles. The van der Waals surface area contributed by atoms with Gasteiger partial charge in [0.2, 0.25) is 0 Å². The molecule has 2 rings (SSSR count). The summed E-state index contributed by atoms with van der Waals surface area (Å²) in [7, 11) is 0. The van der Waals surface area contributed by atoms with E-state index in [1.165, 1.54) is 32.4 Å². The molecule has 0 bridgehead atoms. The third-order valence-electron chi connectivity index (χ3n) is 3.71. The molecule has 0 saturated heterocycles. The molecule has 0 spiro atoms. The van der Waals surface area contributed by atoms with Crippen molar-refractivity contribution in [2.24, 2.45) is 5.92 Å². The maximum Gasteiger partial charge on any atom is 0.145 e. The Morgan fingerprint density at radius 3 is 2.88 bits per heavy atom. The zero-order valence-corrected chi connectivity index (χ0v) is 10.8. The van der Waals surface area contributed by atoms with Gasteiger partial charge in [-0.15, -0.1) is 0 Å². The van der Waals surface area contributed by atoms with Crippen molar-refractivity contribution in [1.82, 2.24) is 14.7 Å². The average Bonchev–Trinajstić information content (AvgIpc) is 2.66. The van der Waals surface area contributed by atoms with Crippen molar-refractivity contribution in [3.63, 3.8) is 0 Å². The van der Waals surface area contributed by atoms with Crippen molar-refractivity contribution in [1.29, 1.82) is 0 Å². The summed E-state index contributed by atoms with van der Waals surface area (Å²) in [6.45, 7) is 6.85. The number of hydrogen-bond donors (Lipinski definition) is 1. The van der Waals surface area contributed by atoms with Crippen LogP contribution in [0.5, 0.6) is 0 Å². The van der Waals surface area contributed by atoms with Crippen LogP contribution in [0.1, 0.15) is 32.6 Å². The topological polar surface area (TPSA) is 47.1 Å². The van der Waals surface area contributed by atoms with Gasteiger partial charge in [-0.25, -0.2) is 0 Å².